The van der Waals surface area contributed by atoms with Crippen LogP contribution in [0, 0.1) is 13.8 Å². The average Bonchev–Trinajstić information content (AvgIpc) is 2.49. The first-order valence-electron chi connectivity index (χ1n) is 6.41. The van der Waals surface area contributed by atoms with Gasteiger partial charge in [-0.1, -0.05) is 0 Å². The van der Waals surface area contributed by atoms with Crippen molar-refractivity contribution in [1.29, 1.82) is 0 Å². The van der Waals surface area contributed by atoms with E-state index < -0.39 is 10.0 Å². The van der Waals surface area contributed by atoms with Gasteiger partial charge in [-0.25, -0.2) is 18.4 Å². The van der Waals surface area contributed by atoms with Crippen LogP contribution in [0.4, 0.5) is 5.69 Å². The van der Waals surface area contributed by atoms with Crippen molar-refractivity contribution < 1.29 is 17.9 Å². The van der Waals surface area contributed by atoms with Gasteiger partial charge < -0.3 is 9.47 Å². The number of anilines is 1. The summed E-state index contributed by atoms with van der Waals surface area (Å²) in [5, 5.41) is 0. The summed E-state index contributed by atoms with van der Waals surface area (Å²) >= 11 is 0. The number of nitrogens with zero attached hydrogens (tertiary/aromatic N) is 2. The topological polar surface area (TPSA) is 90.4 Å². The Morgan fingerprint density at radius 3 is 2.18 bits per heavy atom. The van der Waals surface area contributed by atoms with Crippen molar-refractivity contribution in [3.05, 3.63) is 35.7 Å². The maximum Gasteiger partial charge on any atom is 0.316 e. The molecule has 1 aromatic heterocycles. The lowest BCUT2D eigenvalue weighted by atomic mass is 10.1. The number of hydrogen-bond donors (Lipinski definition) is 1. The Hall–Kier alpha value is -2.35. The summed E-state index contributed by atoms with van der Waals surface area (Å²) in [7, 11) is -0.760. The molecule has 0 saturated carbocycles. The van der Waals surface area contributed by atoms with Gasteiger partial charge in [0.05, 0.1) is 37.2 Å². The van der Waals surface area contributed by atoms with Gasteiger partial charge in [0.25, 0.3) is 10.0 Å². The third-order valence-electron chi connectivity index (χ3n) is 3.04. The number of nitrogens with one attached hydrogen (secondary N) is 1. The summed E-state index contributed by atoms with van der Waals surface area (Å²) in [6.07, 6.45) is 2.68. The zero-order chi connectivity index (χ0) is 16.3. The van der Waals surface area contributed by atoms with Crippen molar-refractivity contribution >= 4 is 15.7 Å². The second kappa shape index (κ2) is 6.18. The molecule has 1 heterocycles. The number of methoxy groups -OCH3 is 2. The summed E-state index contributed by atoms with van der Waals surface area (Å²) in [6, 6.07) is 3.43. The van der Waals surface area contributed by atoms with Gasteiger partial charge in [0, 0.05) is 0 Å². The fraction of sp³-hybridized carbons (Fsp3) is 0.286. The lowest BCUT2D eigenvalue weighted by Crippen LogP contribution is -2.15. The number of hydrogen-bond acceptors (Lipinski definition) is 6. The van der Waals surface area contributed by atoms with Crippen LogP contribution >= 0.6 is 0 Å². The molecule has 0 radical (unpaired) electrons. The molecule has 0 unspecified atom stereocenters. The van der Waals surface area contributed by atoms with Crippen molar-refractivity contribution in [2.45, 2.75) is 18.7 Å². The molecule has 0 fully saturated rings. The molecule has 118 valence electrons. The summed E-state index contributed by atoms with van der Waals surface area (Å²) < 4.78 is 37.4. The zero-order valence-corrected chi connectivity index (χ0v) is 13.6. The number of sulfonamides is 1. The van der Waals surface area contributed by atoms with Gasteiger partial charge in [-0.2, -0.15) is 0 Å². The van der Waals surface area contributed by atoms with E-state index in [-0.39, 0.29) is 16.6 Å². The Morgan fingerprint density at radius 1 is 1.00 bits per heavy atom. The molecule has 0 spiro atoms. The second-order valence-electron chi connectivity index (χ2n) is 4.65. The summed E-state index contributed by atoms with van der Waals surface area (Å²) in [5.74, 6) is 0.643. The monoisotopic (exact) mass is 323 g/mol. The molecule has 1 N–H and O–H groups in total. The fourth-order valence-electron chi connectivity index (χ4n) is 1.96. The Kier molecular flexibility index (Phi) is 4.51. The summed E-state index contributed by atoms with van der Waals surface area (Å²) in [6.45, 7) is 3.49. The SMILES string of the molecule is COc1ncc(NS(=O)(=O)c2cc(C)c(OC)cc2C)cn1. The second-order valence-corrected chi connectivity index (χ2v) is 6.30. The predicted octanol–water partition coefficient (Wildman–Crippen LogP) is 1.91. The first kappa shape index (κ1) is 16.0. The predicted molar refractivity (Wildman–Crippen MR) is 81.9 cm³/mol. The summed E-state index contributed by atoms with van der Waals surface area (Å²) in [5.41, 5.74) is 1.58. The van der Waals surface area contributed by atoms with Crippen LogP contribution in [0.15, 0.2) is 29.4 Å². The zero-order valence-electron chi connectivity index (χ0n) is 12.7. The van der Waals surface area contributed by atoms with E-state index in [0.29, 0.717) is 11.3 Å². The highest BCUT2D eigenvalue weighted by molar-refractivity contribution is 7.92. The van der Waals surface area contributed by atoms with E-state index in [9.17, 15) is 8.42 Å². The molecular weight excluding hydrogens is 306 g/mol. The van der Waals surface area contributed by atoms with E-state index in [0.717, 1.165) is 5.56 Å². The van der Waals surface area contributed by atoms with E-state index in [1.165, 1.54) is 19.5 Å². The number of aryl methyl sites for hydroxylation is 2. The normalized spacial score (nSPS) is 11.1. The minimum absolute atomic E-state index is 0.166. The minimum Gasteiger partial charge on any atom is -0.496 e. The lowest BCUT2D eigenvalue weighted by molar-refractivity contribution is 0.380. The Morgan fingerprint density at radius 2 is 1.64 bits per heavy atom. The highest BCUT2D eigenvalue weighted by atomic mass is 32.2. The number of rotatable bonds is 5. The van der Waals surface area contributed by atoms with Crippen LogP contribution in [0.25, 0.3) is 0 Å². The van der Waals surface area contributed by atoms with Gasteiger partial charge in [0.15, 0.2) is 0 Å². The fourth-order valence-corrected chi connectivity index (χ4v) is 3.30. The van der Waals surface area contributed by atoms with Gasteiger partial charge in [-0.05, 0) is 37.1 Å². The first-order valence-corrected chi connectivity index (χ1v) is 7.90. The first-order chi connectivity index (χ1) is 10.4. The van der Waals surface area contributed by atoms with Crippen LogP contribution < -0.4 is 14.2 Å². The molecule has 0 aliphatic heterocycles. The van der Waals surface area contributed by atoms with E-state index in [1.54, 1.807) is 33.1 Å². The summed E-state index contributed by atoms with van der Waals surface area (Å²) in [4.78, 5) is 7.91. The van der Waals surface area contributed by atoms with E-state index in [1.807, 2.05) is 0 Å². The van der Waals surface area contributed by atoms with E-state index in [4.69, 9.17) is 9.47 Å². The Balaban J connectivity index is 2.35. The van der Waals surface area contributed by atoms with Gasteiger partial charge in [0.1, 0.15) is 5.75 Å². The van der Waals surface area contributed by atoms with Crippen molar-refractivity contribution in [2.24, 2.45) is 0 Å². The van der Waals surface area contributed by atoms with Crippen molar-refractivity contribution in [3.63, 3.8) is 0 Å². The van der Waals surface area contributed by atoms with Crippen LogP contribution in [0.1, 0.15) is 11.1 Å². The molecule has 22 heavy (non-hydrogen) atoms. The van der Waals surface area contributed by atoms with Crippen LogP contribution in [0.2, 0.25) is 0 Å². The number of ether oxygens (including phenoxy) is 2. The quantitative estimate of drug-likeness (QED) is 0.904. The van der Waals surface area contributed by atoms with Gasteiger partial charge in [-0.3, -0.25) is 4.72 Å². The van der Waals surface area contributed by atoms with Crippen molar-refractivity contribution in [3.8, 4) is 11.8 Å². The third kappa shape index (κ3) is 3.28. The minimum atomic E-state index is -3.74. The molecule has 0 atom stereocenters. The van der Waals surface area contributed by atoms with Gasteiger partial charge in [-0.15, -0.1) is 0 Å². The molecule has 1 aromatic carbocycles. The van der Waals surface area contributed by atoms with E-state index in [2.05, 4.69) is 14.7 Å². The molecule has 0 saturated heterocycles. The Bertz CT molecular complexity index is 773. The molecule has 8 heteroatoms. The van der Waals surface area contributed by atoms with Crippen LogP contribution in [-0.4, -0.2) is 32.6 Å². The highest BCUT2D eigenvalue weighted by Gasteiger charge is 2.19. The maximum atomic E-state index is 12.5. The van der Waals surface area contributed by atoms with Crippen LogP contribution in [0.3, 0.4) is 0 Å². The Labute approximate surface area is 129 Å². The third-order valence-corrected chi connectivity index (χ3v) is 4.57. The molecule has 0 bridgehead atoms. The van der Waals surface area contributed by atoms with Crippen LogP contribution in [-0.2, 0) is 10.0 Å². The maximum absolute atomic E-state index is 12.5. The number of aromatic nitrogens is 2. The molecule has 7 nitrogen and oxygen atoms in total. The molecule has 0 aliphatic rings. The van der Waals surface area contributed by atoms with Gasteiger partial charge in [0.2, 0.25) is 0 Å². The van der Waals surface area contributed by atoms with Gasteiger partial charge >= 0.3 is 6.01 Å². The highest BCUT2D eigenvalue weighted by Crippen LogP contribution is 2.26. The smallest absolute Gasteiger partial charge is 0.316 e. The van der Waals surface area contributed by atoms with Crippen molar-refractivity contribution in [2.75, 3.05) is 18.9 Å². The standard InChI is InChI=1S/C14H17N3O4S/c1-9-6-13(10(2)5-12(9)20-3)22(18,19)17-11-7-15-14(21-4)16-8-11/h5-8,17H,1-4H3. The van der Waals surface area contributed by atoms with Crippen molar-refractivity contribution in [1.82, 2.24) is 9.97 Å². The largest absolute Gasteiger partial charge is 0.496 e. The average molecular weight is 323 g/mol. The van der Waals surface area contributed by atoms with E-state index >= 15 is 0 Å². The number of benzene rings is 1. The van der Waals surface area contributed by atoms with Crippen LogP contribution in [0.5, 0.6) is 11.8 Å². The molecular formula is C14H17N3O4S. The molecule has 2 rings (SSSR count). The molecule has 0 aliphatic carbocycles. The molecule has 2 aromatic rings. The molecule has 0 amide bonds. The lowest BCUT2D eigenvalue weighted by Gasteiger charge is -2.13.